The number of nitrogens with zero attached hydrogens (tertiary/aromatic N) is 2. The number of nitrogen functional groups attached to an aromatic ring is 1. The number of hydrogen-bond donors (Lipinski definition) is 2. The second-order valence-electron chi connectivity index (χ2n) is 3.69. The predicted octanol–water partition coefficient (Wildman–Crippen LogP) is 2.27. The van der Waals surface area contributed by atoms with Gasteiger partial charge in [0.1, 0.15) is 11.5 Å². The largest absolute Gasteiger partial charge is 0.382 e. The Hall–Kier alpha value is -2.14. The number of carbonyl (C=O) groups is 1. The van der Waals surface area contributed by atoms with E-state index < -0.39 is 0 Å². The first kappa shape index (κ1) is 12.3. The van der Waals surface area contributed by atoms with E-state index in [1.54, 1.807) is 18.2 Å². The van der Waals surface area contributed by atoms with Gasteiger partial charge < -0.3 is 11.1 Å². The summed E-state index contributed by atoms with van der Waals surface area (Å²) in [5.74, 6) is -0.0849. The Bertz CT molecular complexity index is 583. The van der Waals surface area contributed by atoms with Gasteiger partial charge in [0.05, 0.1) is 12.4 Å². The molecule has 1 heterocycles. The van der Waals surface area contributed by atoms with Crippen LogP contribution in [-0.2, 0) is 0 Å². The number of carbonyl (C=O) groups excluding carboxylic acids is 1. The molecule has 1 amide bonds. The molecule has 0 atom stereocenters. The minimum absolute atomic E-state index is 0.198. The molecule has 0 aliphatic carbocycles. The minimum Gasteiger partial charge on any atom is -0.382 e. The van der Waals surface area contributed by atoms with Crippen molar-refractivity contribution in [3.63, 3.8) is 0 Å². The van der Waals surface area contributed by atoms with Crippen LogP contribution in [0.5, 0.6) is 0 Å². The molecule has 0 saturated carbocycles. The lowest BCUT2D eigenvalue weighted by Crippen LogP contribution is -2.15. The molecule has 92 valence electrons. The lowest BCUT2D eigenvalue weighted by Gasteiger charge is -2.08. The topological polar surface area (TPSA) is 80.9 Å². The van der Waals surface area contributed by atoms with Gasteiger partial charge in [0, 0.05) is 10.7 Å². The van der Waals surface area contributed by atoms with Gasteiger partial charge in [0.15, 0.2) is 0 Å². The van der Waals surface area contributed by atoms with E-state index in [1.165, 1.54) is 12.4 Å². The number of nitrogens with one attached hydrogen (secondary N) is 1. The monoisotopic (exact) mass is 262 g/mol. The fourth-order valence-corrected chi connectivity index (χ4v) is 1.56. The fraction of sp³-hybridized carbons (Fsp3) is 0.0833. The van der Waals surface area contributed by atoms with Crippen LogP contribution in [0.25, 0.3) is 0 Å². The van der Waals surface area contributed by atoms with Crippen LogP contribution >= 0.6 is 11.6 Å². The summed E-state index contributed by atoms with van der Waals surface area (Å²) in [7, 11) is 0. The molecule has 0 aliphatic heterocycles. The maximum atomic E-state index is 11.9. The van der Waals surface area contributed by atoms with Crippen molar-refractivity contribution in [2.24, 2.45) is 0 Å². The first-order chi connectivity index (χ1) is 8.58. The molecule has 0 aliphatic rings. The van der Waals surface area contributed by atoms with Gasteiger partial charge in [-0.05, 0) is 24.6 Å². The van der Waals surface area contributed by atoms with Crippen LogP contribution in [0.4, 0.5) is 11.5 Å². The van der Waals surface area contributed by atoms with Crippen LogP contribution in [0.1, 0.15) is 16.1 Å². The molecule has 3 N–H and O–H groups in total. The van der Waals surface area contributed by atoms with Gasteiger partial charge in [-0.3, -0.25) is 4.79 Å². The zero-order valence-corrected chi connectivity index (χ0v) is 10.4. The highest BCUT2D eigenvalue weighted by Gasteiger charge is 2.10. The number of anilines is 2. The summed E-state index contributed by atoms with van der Waals surface area (Å²) < 4.78 is 0. The molecule has 0 spiro atoms. The Labute approximate surface area is 109 Å². The van der Waals surface area contributed by atoms with Gasteiger partial charge in [0.25, 0.3) is 5.91 Å². The molecule has 1 aromatic heterocycles. The van der Waals surface area contributed by atoms with Crippen molar-refractivity contribution in [2.75, 3.05) is 11.1 Å². The van der Waals surface area contributed by atoms with E-state index in [9.17, 15) is 4.79 Å². The lowest BCUT2D eigenvalue weighted by molar-refractivity contribution is 0.102. The van der Waals surface area contributed by atoms with Crippen molar-refractivity contribution in [1.82, 2.24) is 9.97 Å². The average molecular weight is 263 g/mol. The Kier molecular flexibility index (Phi) is 3.43. The first-order valence-electron chi connectivity index (χ1n) is 5.22. The highest BCUT2D eigenvalue weighted by atomic mass is 35.5. The number of rotatable bonds is 2. The molecule has 0 radical (unpaired) electrons. The zero-order chi connectivity index (χ0) is 13.1. The normalized spacial score (nSPS) is 10.1. The third-order valence-electron chi connectivity index (χ3n) is 2.42. The summed E-state index contributed by atoms with van der Waals surface area (Å²) >= 11 is 5.97. The second kappa shape index (κ2) is 5.01. The van der Waals surface area contributed by atoms with Crippen LogP contribution in [0.3, 0.4) is 0 Å². The number of hydrogen-bond acceptors (Lipinski definition) is 4. The quantitative estimate of drug-likeness (QED) is 0.870. The van der Waals surface area contributed by atoms with Gasteiger partial charge in [0.2, 0.25) is 0 Å². The Balaban J connectivity index is 2.21. The summed E-state index contributed by atoms with van der Waals surface area (Å²) in [5, 5.41) is 3.31. The Morgan fingerprint density at radius 1 is 1.33 bits per heavy atom. The van der Waals surface area contributed by atoms with Crippen LogP contribution in [0, 0.1) is 6.92 Å². The second-order valence-corrected chi connectivity index (χ2v) is 4.10. The van der Waals surface area contributed by atoms with E-state index in [2.05, 4.69) is 15.3 Å². The van der Waals surface area contributed by atoms with Crippen molar-refractivity contribution < 1.29 is 4.79 Å². The molecular weight excluding hydrogens is 252 g/mol. The molecule has 0 fully saturated rings. The van der Waals surface area contributed by atoms with Crippen molar-refractivity contribution in [1.29, 1.82) is 0 Å². The lowest BCUT2D eigenvalue weighted by atomic mass is 10.2. The van der Waals surface area contributed by atoms with Crippen LogP contribution in [0.2, 0.25) is 5.02 Å². The number of amides is 1. The van der Waals surface area contributed by atoms with Gasteiger partial charge >= 0.3 is 0 Å². The first-order valence-corrected chi connectivity index (χ1v) is 5.59. The molecule has 6 heteroatoms. The third-order valence-corrected chi connectivity index (χ3v) is 2.83. The van der Waals surface area contributed by atoms with Crippen molar-refractivity contribution >= 4 is 29.0 Å². The molecule has 0 saturated heterocycles. The maximum Gasteiger partial charge on any atom is 0.275 e. The molecule has 5 nitrogen and oxygen atoms in total. The van der Waals surface area contributed by atoms with Gasteiger partial charge in [-0.15, -0.1) is 0 Å². The maximum absolute atomic E-state index is 11.9. The number of aromatic nitrogens is 2. The molecule has 0 bridgehead atoms. The van der Waals surface area contributed by atoms with E-state index in [4.69, 9.17) is 17.3 Å². The molecule has 18 heavy (non-hydrogen) atoms. The van der Waals surface area contributed by atoms with E-state index in [1.807, 2.05) is 6.92 Å². The third kappa shape index (κ3) is 2.57. The molecule has 0 unspecified atom stereocenters. The summed E-state index contributed by atoms with van der Waals surface area (Å²) in [6.45, 7) is 1.83. The standard InChI is InChI=1S/C12H11ClN4O/c1-7-8(13)3-2-4-9(7)17-12(18)10-5-16-11(14)6-15-10/h2-6H,1H3,(H2,14,16)(H,17,18). The summed E-state index contributed by atoms with van der Waals surface area (Å²) in [5.41, 5.74) is 7.04. The van der Waals surface area contributed by atoms with Gasteiger partial charge in [-0.2, -0.15) is 0 Å². The van der Waals surface area contributed by atoms with E-state index in [-0.39, 0.29) is 17.4 Å². The highest BCUT2D eigenvalue weighted by molar-refractivity contribution is 6.31. The zero-order valence-electron chi connectivity index (χ0n) is 9.64. The number of nitrogens with two attached hydrogens (primary N) is 1. The van der Waals surface area contributed by atoms with Gasteiger partial charge in [-0.25, -0.2) is 9.97 Å². The summed E-state index contributed by atoms with van der Waals surface area (Å²) in [4.78, 5) is 19.6. The van der Waals surface area contributed by atoms with Crippen molar-refractivity contribution in [2.45, 2.75) is 6.92 Å². The van der Waals surface area contributed by atoms with E-state index in [0.29, 0.717) is 10.7 Å². The van der Waals surface area contributed by atoms with Gasteiger partial charge in [-0.1, -0.05) is 17.7 Å². The van der Waals surface area contributed by atoms with Crippen LogP contribution in [-0.4, -0.2) is 15.9 Å². The van der Waals surface area contributed by atoms with E-state index >= 15 is 0 Å². The van der Waals surface area contributed by atoms with Crippen molar-refractivity contribution in [3.05, 3.63) is 46.9 Å². The van der Waals surface area contributed by atoms with Crippen LogP contribution in [0.15, 0.2) is 30.6 Å². The Morgan fingerprint density at radius 2 is 2.11 bits per heavy atom. The molecular formula is C12H11ClN4O. The van der Waals surface area contributed by atoms with Crippen molar-refractivity contribution in [3.8, 4) is 0 Å². The summed E-state index contributed by atoms with van der Waals surface area (Å²) in [6.07, 6.45) is 2.66. The molecule has 2 rings (SSSR count). The fourth-order valence-electron chi connectivity index (χ4n) is 1.38. The SMILES string of the molecule is Cc1c(Cl)cccc1NC(=O)c1cnc(N)cn1. The van der Waals surface area contributed by atoms with E-state index in [0.717, 1.165) is 5.56 Å². The predicted molar refractivity (Wildman–Crippen MR) is 70.6 cm³/mol. The smallest absolute Gasteiger partial charge is 0.275 e. The minimum atomic E-state index is -0.354. The summed E-state index contributed by atoms with van der Waals surface area (Å²) in [6, 6.07) is 5.29. The van der Waals surface area contributed by atoms with Crippen LogP contribution < -0.4 is 11.1 Å². The molecule has 2 aromatic rings. The highest BCUT2D eigenvalue weighted by Crippen LogP contribution is 2.23. The number of halogens is 1. The molecule has 1 aromatic carbocycles. The Morgan fingerprint density at radius 3 is 2.78 bits per heavy atom. The average Bonchev–Trinajstić information content (AvgIpc) is 2.36. The number of benzene rings is 1.